The molecule has 0 aliphatic rings. The summed E-state index contributed by atoms with van der Waals surface area (Å²) < 4.78 is 1.12. The molecule has 0 saturated heterocycles. The largest absolute Gasteiger partial charge is 0.0835 e. The summed E-state index contributed by atoms with van der Waals surface area (Å²) >= 11 is 7.27. The van der Waals surface area contributed by atoms with E-state index in [1.54, 1.807) is 0 Å². The Morgan fingerprint density at radius 1 is 0.800 bits per heavy atom. The fourth-order valence-electron chi connectivity index (χ4n) is 2.36. The van der Waals surface area contributed by atoms with Gasteiger partial charge < -0.3 is 0 Å². The van der Waals surface area contributed by atoms with Crippen LogP contribution in [0.2, 0.25) is 0 Å². The minimum absolute atomic E-state index is 0.344. The van der Waals surface area contributed by atoms with Crippen molar-refractivity contribution >= 4 is 42.6 Å². The summed E-state index contributed by atoms with van der Waals surface area (Å²) in [5, 5.41) is 2.60. The Labute approximate surface area is 136 Å². The van der Waals surface area contributed by atoms with Crippen LogP contribution in [0.4, 0.5) is 0 Å². The summed E-state index contributed by atoms with van der Waals surface area (Å²) in [5.74, 6) is 0. The van der Waals surface area contributed by atoms with E-state index in [1.807, 2.05) is 0 Å². The predicted octanol–water partition coefficient (Wildman–Crippen LogP) is 6.28. The van der Waals surface area contributed by atoms with E-state index in [2.05, 4.69) is 98.6 Å². The fraction of sp³-hybridized carbons (Fsp3) is 0.111. The van der Waals surface area contributed by atoms with Gasteiger partial charge in [0.1, 0.15) is 0 Å². The highest BCUT2D eigenvalue weighted by molar-refractivity contribution is 9.10. The highest BCUT2D eigenvalue weighted by Crippen LogP contribution is 2.29. The number of alkyl halides is 1. The third-order valence-corrected chi connectivity index (χ3v) is 4.84. The van der Waals surface area contributed by atoms with Crippen molar-refractivity contribution in [3.63, 3.8) is 0 Å². The van der Waals surface area contributed by atoms with Crippen molar-refractivity contribution < 1.29 is 0 Å². The summed E-state index contributed by atoms with van der Waals surface area (Å²) in [5.41, 5.74) is 2.66. The number of hydrogen-bond donors (Lipinski definition) is 0. The van der Waals surface area contributed by atoms with Crippen LogP contribution in [0, 0.1) is 0 Å². The molecule has 0 bridgehead atoms. The number of rotatable bonds is 3. The second-order valence-electron chi connectivity index (χ2n) is 4.90. The first-order valence-electron chi connectivity index (χ1n) is 6.59. The highest BCUT2D eigenvalue weighted by atomic mass is 79.9. The first kappa shape index (κ1) is 13.8. The molecule has 20 heavy (non-hydrogen) atoms. The molecule has 0 N–H and O–H groups in total. The van der Waals surface area contributed by atoms with Gasteiger partial charge in [0.25, 0.3) is 0 Å². The molecular weight excluding hydrogens is 376 g/mol. The van der Waals surface area contributed by atoms with Crippen LogP contribution < -0.4 is 0 Å². The molecular formula is C18H14Br2. The lowest BCUT2D eigenvalue weighted by Gasteiger charge is -2.11. The van der Waals surface area contributed by atoms with Crippen molar-refractivity contribution in [2.24, 2.45) is 0 Å². The molecule has 3 rings (SSSR count). The van der Waals surface area contributed by atoms with Crippen molar-refractivity contribution in [1.29, 1.82) is 0 Å². The molecule has 0 aromatic heterocycles. The summed E-state index contributed by atoms with van der Waals surface area (Å²) in [6.07, 6.45) is 0.993. The highest BCUT2D eigenvalue weighted by Gasteiger charge is 2.08. The summed E-state index contributed by atoms with van der Waals surface area (Å²) in [6.45, 7) is 0. The van der Waals surface area contributed by atoms with Gasteiger partial charge in [-0.3, -0.25) is 0 Å². The molecule has 100 valence electrons. The topological polar surface area (TPSA) is 0 Å². The summed E-state index contributed by atoms with van der Waals surface area (Å²) in [6, 6.07) is 23.7. The number of fused-ring (bicyclic) bond motifs is 1. The van der Waals surface area contributed by atoms with E-state index >= 15 is 0 Å². The molecule has 1 atom stereocenters. The number of halogens is 2. The van der Waals surface area contributed by atoms with Crippen LogP contribution in [-0.2, 0) is 6.42 Å². The molecule has 0 aliphatic heterocycles. The minimum Gasteiger partial charge on any atom is -0.0835 e. The minimum atomic E-state index is 0.344. The lowest BCUT2D eigenvalue weighted by Crippen LogP contribution is -1.95. The molecule has 0 amide bonds. The average molecular weight is 390 g/mol. The molecule has 0 heterocycles. The van der Waals surface area contributed by atoms with E-state index in [1.165, 1.54) is 21.9 Å². The van der Waals surface area contributed by atoms with Gasteiger partial charge in [0, 0.05) is 9.30 Å². The van der Waals surface area contributed by atoms with E-state index in [0.717, 1.165) is 10.9 Å². The maximum absolute atomic E-state index is 3.80. The second kappa shape index (κ2) is 6.11. The smallest absolute Gasteiger partial charge is 0.0435 e. The molecule has 2 heteroatoms. The van der Waals surface area contributed by atoms with Gasteiger partial charge in [0.2, 0.25) is 0 Å². The summed E-state index contributed by atoms with van der Waals surface area (Å²) in [4.78, 5) is 0.344. The Balaban J connectivity index is 1.83. The fourth-order valence-corrected chi connectivity index (χ4v) is 3.31. The summed E-state index contributed by atoms with van der Waals surface area (Å²) in [7, 11) is 0. The standard InChI is InChI=1S/C18H14Br2/c19-17-9-7-15(8-10-17)18(20)12-13-5-6-14-3-1-2-4-16(14)11-13/h1-11,18H,12H2. The van der Waals surface area contributed by atoms with Crippen molar-refractivity contribution in [2.75, 3.05) is 0 Å². The molecule has 1 unspecified atom stereocenters. The zero-order chi connectivity index (χ0) is 13.9. The van der Waals surface area contributed by atoms with Crippen LogP contribution in [-0.4, -0.2) is 0 Å². The van der Waals surface area contributed by atoms with Crippen molar-refractivity contribution in [3.05, 3.63) is 82.3 Å². The number of benzene rings is 3. The molecule has 0 saturated carbocycles. The third kappa shape index (κ3) is 3.13. The molecule has 3 aromatic rings. The quantitative estimate of drug-likeness (QED) is 0.462. The van der Waals surface area contributed by atoms with Gasteiger partial charge in [0.15, 0.2) is 0 Å². The Kier molecular flexibility index (Phi) is 4.23. The Bertz CT molecular complexity index is 717. The Morgan fingerprint density at radius 3 is 2.25 bits per heavy atom. The third-order valence-electron chi connectivity index (χ3n) is 3.46. The van der Waals surface area contributed by atoms with E-state index in [0.29, 0.717) is 4.83 Å². The molecule has 0 radical (unpaired) electrons. The van der Waals surface area contributed by atoms with Gasteiger partial charge in [-0.25, -0.2) is 0 Å². The zero-order valence-corrected chi connectivity index (χ0v) is 14.1. The predicted molar refractivity (Wildman–Crippen MR) is 93.5 cm³/mol. The maximum atomic E-state index is 3.80. The van der Waals surface area contributed by atoms with E-state index in [-0.39, 0.29) is 0 Å². The molecule has 3 aromatic carbocycles. The van der Waals surface area contributed by atoms with E-state index < -0.39 is 0 Å². The van der Waals surface area contributed by atoms with Gasteiger partial charge >= 0.3 is 0 Å². The Morgan fingerprint density at radius 2 is 1.50 bits per heavy atom. The maximum Gasteiger partial charge on any atom is 0.0435 e. The van der Waals surface area contributed by atoms with Crippen LogP contribution in [0.1, 0.15) is 16.0 Å². The van der Waals surface area contributed by atoms with Crippen molar-refractivity contribution in [3.8, 4) is 0 Å². The number of hydrogen-bond acceptors (Lipinski definition) is 0. The second-order valence-corrected chi connectivity index (χ2v) is 6.93. The van der Waals surface area contributed by atoms with Gasteiger partial charge in [-0.1, -0.05) is 86.5 Å². The molecule has 0 spiro atoms. The van der Waals surface area contributed by atoms with Gasteiger partial charge in [-0.15, -0.1) is 0 Å². The van der Waals surface area contributed by atoms with Crippen LogP contribution in [0.15, 0.2) is 71.2 Å². The Hall–Kier alpha value is -1.12. The van der Waals surface area contributed by atoms with Crippen LogP contribution >= 0.6 is 31.9 Å². The first-order valence-corrected chi connectivity index (χ1v) is 8.30. The van der Waals surface area contributed by atoms with Gasteiger partial charge in [-0.05, 0) is 40.5 Å². The lowest BCUT2D eigenvalue weighted by molar-refractivity contribution is 0.950. The van der Waals surface area contributed by atoms with E-state index in [9.17, 15) is 0 Å². The SMILES string of the molecule is Brc1ccc(C(Br)Cc2ccc3ccccc3c2)cc1. The van der Waals surface area contributed by atoms with E-state index in [4.69, 9.17) is 0 Å². The van der Waals surface area contributed by atoms with Gasteiger partial charge in [0.05, 0.1) is 0 Å². The van der Waals surface area contributed by atoms with Crippen LogP contribution in [0.3, 0.4) is 0 Å². The molecule has 0 fully saturated rings. The zero-order valence-electron chi connectivity index (χ0n) is 10.9. The lowest BCUT2D eigenvalue weighted by atomic mass is 10.0. The van der Waals surface area contributed by atoms with Crippen molar-refractivity contribution in [1.82, 2.24) is 0 Å². The first-order chi connectivity index (χ1) is 9.72. The van der Waals surface area contributed by atoms with Crippen LogP contribution in [0.25, 0.3) is 10.8 Å². The van der Waals surface area contributed by atoms with Crippen molar-refractivity contribution in [2.45, 2.75) is 11.2 Å². The monoisotopic (exact) mass is 388 g/mol. The normalized spacial score (nSPS) is 12.5. The molecule has 0 aliphatic carbocycles. The van der Waals surface area contributed by atoms with Gasteiger partial charge in [-0.2, -0.15) is 0 Å². The van der Waals surface area contributed by atoms with Crippen LogP contribution in [0.5, 0.6) is 0 Å². The molecule has 0 nitrogen and oxygen atoms in total. The average Bonchev–Trinajstić information content (AvgIpc) is 2.48.